The molecule has 11 N–H and O–H groups in total. The van der Waals surface area contributed by atoms with E-state index in [2.05, 4.69) is 68.7 Å². The van der Waals surface area contributed by atoms with Crippen LogP contribution in [0, 0.1) is 5.92 Å². The number of carbonyl (C=O) groups excluding carboxylic acids is 8. The molecule has 0 radical (unpaired) electrons. The number of benzene rings is 1. The number of rotatable bonds is 21. The van der Waals surface area contributed by atoms with Crippen LogP contribution in [0.25, 0.3) is 22.3 Å². The lowest BCUT2D eigenvalue weighted by molar-refractivity contribution is -0.182. The molecule has 4 aromatic heterocycles. The van der Waals surface area contributed by atoms with E-state index in [-0.39, 0.29) is 92.8 Å². The molecule has 5 aliphatic rings. The summed E-state index contributed by atoms with van der Waals surface area (Å²) in [5.41, 5.74) is 9.14. The maximum absolute atomic E-state index is 16.3. The van der Waals surface area contributed by atoms with Crippen LogP contribution in [0.2, 0.25) is 0 Å². The molecule has 5 aromatic rings. The van der Waals surface area contributed by atoms with Gasteiger partial charge in [0.2, 0.25) is 23.7 Å². The van der Waals surface area contributed by atoms with Gasteiger partial charge in [-0.25, -0.2) is 43.3 Å². The number of anilines is 3. The molecule has 10 rings (SSSR count). The third-order valence-electron chi connectivity index (χ3n) is 15.1. The standard InChI is InChI=1S/C51H62FN17O20P2S2/c1-24(2)33(62-29(70)12-14-67-30(71)10-11-31(67)72)43(74)61-27(5-4-13-55-48(54)76)42(73)60-26-8-6-25(7-9-26)17-82-50(78)66(3)15-16-81-49(77)63-39-34-40(57-21-56-39)68(22-58-34)46-37-38-51(87-46,19-83-37)20-85-91(80,93)88-36-32(52)28(18-84-90(79,92)89-38)86-45(36)69-23-59-35-41(69)64-47(53)65-44(35)75/h6-11,21-24,27-28,32-33,36-38,45-46H,4-5,12-20H2,1-3H3,(H,60,73)(H,61,74)(H,62,70)(H,79,92)(H,80,93)(H3,54,55,76)(H3,53,64,65,75)(H,56,57,63,77)/t27-,28+,32+,33-,36+,37+,38-,45+,46+,51+,90?,91?/m0/s1. The highest BCUT2D eigenvalue weighted by molar-refractivity contribution is 8.44. The van der Waals surface area contributed by atoms with Gasteiger partial charge in [0, 0.05) is 44.4 Å². The second kappa shape index (κ2) is 28.2. The predicted octanol–water partition coefficient (Wildman–Crippen LogP) is 0.660. The van der Waals surface area contributed by atoms with Gasteiger partial charge in [0.05, 0.1) is 39.0 Å². The Balaban J connectivity index is 0.703. The Morgan fingerprint density at radius 2 is 1.66 bits per heavy atom. The summed E-state index contributed by atoms with van der Waals surface area (Å²) >= 11 is 9.56. The lowest BCUT2D eigenvalue weighted by atomic mass is 10.0. The highest BCUT2D eigenvalue weighted by atomic mass is 32.7. The zero-order valence-corrected chi connectivity index (χ0v) is 52.8. The van der Waals surface area contributed by atoms with Gasteiger partial charge in [-0.05, 0) is 48.3 Å². The molecule has 42 heteroatoms. The molecule has 9 heterocycles. The molecule has 2 unspecified atom stereocenters. The van der Waals surface area contributed by atoms with E-state index < -0.39 is 147 Å². The molecular weight excluding hydrogens is 1320 g/mol. The molecule has 1 aromatic carbocycles. The first-order valence-electron chi connectivity index (χ1n) is 28.4. The number of thiol groups is 1. The van der Waals surface area contributed by atoms with Crippen molar-refractivity contribution < 1.29 is 94.0 Å². The minimum Gasteiger partial charge on any atom is -0.447 e. The molecule has 4 fully saturated rings. The number of nitrogens with one attached hydrogen (secondary N) is 6. The maximum Gasteiger partial charge on any atom is 0.412 e. The van der Waals surface area contributed by atoms with Crippen molar-refractivity contribution in [3.63, 3.8) is 0 Å². The fourth-order valence-corrected chi connectivity index (χ4v) is 13.3. The summed E-state index contributed by atoms with van der Waals surface area (Å²) in [5, 5.41) is 12.9. The number of amides is 9. The number of carbonyl (C=O) groups is 8. The molecule has 0 aliphatic carbocycles. The number of imide groups is 1. The van der Waals surface area contributed by atoms with Crippen molar-refractivity contribution in [1.82, 2.24) is 64.8 Å². The number of ether oxygens (including phenoxy) is 5. The fourth-order valence-electron chi connectivity index (χ4n) is 10.4. The molecule has 93 heavy (non-hydrogen) atoms. The Morgan fingerprint density at radius 1 is 0.935 bits per heavy atom. The predicted molar refractivity (Wildman–Crippen MR) is 323 cm³/mol. The summed E-state index contributed by atoms with van der Waals surface area (Å²) < 4.78 is 85.4. The largest absolute Gasteiger partial charge is 0.447 e. The lowest BCUT2D eigenvalue weighted by Crippen LogP contribution is -2.54. The number of aromatic amines is 1. The van der Waals surface area contributed by atoms with Crippen LogP contribution in [-0.2, 0) is 88.7 Å². The third-order valence-corrected chi connectivity index (χ3v) is 18.2. The smallest absolute Gasteiger partial charge is 0.412 e. The van der Waals surface area contributed by atoms with Gasteiger partial charge in [-0.1, -0.05) is 38.2 Å². The van der Waals surface area contributed by atoms with Crippen molar-refractivity contribution >= 4 is 125 Å². The average Bonchev–Trinajstić information content (AvgIpc) is 1.57. The van der Waals surface area contributed by atoms with Crippen LogP contribution < -0.4 is 43.6 Å². The molecule has 4 saturated heterocycles. The number of primary amides is 1. The summed E-state index contributed by atoms with van der Waals surface area (Å²) in [6.07, 6.45) is -6.73. The van der Waals surface area contributed by atoms with E-state index in [1.165, 1.54) is 30.1 Å². The lowest BCUT2D eigenvalue weighted by Gasteiger charge is -2.33. The topological polar surface area (TPSA) is 483 Å². The van der Waals surface area contributed by atoms with E-state index in [0.29, 0.717) is 11.3 Å². The number of alkyl halides is 1. The van der Waals surface area contributed by atoms with E-state index in [1.54, 1.807) is 26.0 Å². The highest BCUT2D eigenvalue weighted by Gasteiger charge is 2.66. The molecule has 9 amide bonds. The van der Waals surface area contributed by atoms with Crippen molar-refractivity contribution in [3.05, 3.63) is 71.3 Å². The SMILES string of the molecule is CC(C)[C@H](NC(=O)CCN1C(=O)C=CC1=O)C(=O)N[C@@H](CCCNC(N)=O)C(=O)Nc1ccc(COC(=O)N(C)CCOC(=O)Nc2ncnc3c2ncn3[C@@H]2O[C@@]34CO[C@@H]2[C@@H]3OP(O)(=S)OC[C@H]2O[C@@H](n3cnc5c(=O)[nH]c(N)nc53)[C@H](OP(=O)(S)OC4)[C@@H]2F)cc1. The molecule has 37 nitrogen and oxygen atoms in total. The Hall–Kier alpha value is -8.14. The Kier molecular flexibility index (Phi) is 20.5. The number of imidazole rings is 2. The van der Waals surface area contributed by atoms with Gasteiger partial charge in [0.1, 0.15) is 61.6 Å². The summed E-state index contributed by atoms with van der Waals surface area (Å²) in [5.74, 6) is -3.92. The number of H-pyrrole nitrogens is 1. The van der Waals surface area contributed by atoms with Crippen LogP contribution in [0.15, 0.2) is 60.2 Å². The van der Waals surface area contributed by atoms with Crippen LogP contribution in [0.3, 0.4) is 0 Å². The van der Waals surface area contributed by atoms with Crippen LogP contribution in [-0.4, -0.2) is 203 Å². The molecule has 500 valence electrons. The molecule has 5 aliphatic heterocycles. The van der Waals surface area contributed by atoms with Gasteiger partial charge in [0.25, 0.3) is 17.4 Å². The van der Waals surface area contributed by atoms with E-state index in [4.69, 9.17) is 65.1 Å². The van der Waals surface area contributed by atoms with Crippen LogP contribution in [0.5, 0.6) is 0 Å². The monoisotopic (exact) mass is 1380 g/mol. The minimum absolute atomic E-state index is 0.0361. The quantitative estimate of drug-likeness (QED) is 0.0209. The molecule has 4 bridgehead atoms. The first-order chi connectivity index (χ1) is 44.2. The van der Waals surface area contributed by atoms with Crippen LogP contribution in [0.4, 0.5) is 36.2 Å². The Labute approximate surface area is 534 Å². The number of aromatic nitrogens is 8. The Morgan fingerprint density at radius 3 is 2.38 bits per heavy atom. The van der Waals surface area contributed by atoms with Gasteiger partial charge in [-0.2, -0.15) is 4.98 Å². The molecule has 0 saturated carbocycles. The van der Waals surface area contributed by atoms with Crippen LogP contribution >= 0.6 is 25.8 Å². The summed E-state index contributed by atoms with van der Waals surface area (Å²) in [6, 6.07) is 3.15. The summed E-state index contributed by atoms with van der Waals surface area (Å²) in [6.45, 7) is -8.09. The first-order valence-corrected chi connectivity index (χ1v) is 33.7. The van der Waals surface area contributed by atoms with E-state index in [0.717, 1.165) is 39.2 Å². The maximum atomic E-state index is 16.3. The number of hydrogen-bond donors (Lipinski definition) is 10. The zero-order valence-electron chi connectivity index (χ0n) is 49.3. The van der Waals surface area contributed by atoms with Gasteiger partial charge < -0.3 is 70.7 Å². The second-order valence-corrected chi connectivity index (χ2v) is 27.6. The van der Waals surface area contributed by atoms with Gasteiger partial charge in [-0.3, -0.25) is 66.7 Å². The second-order valence-electron chi connectivity index (χ2n) is 21.9. The van der Waals surface area contributed by atoms with Crippen molar-refractivity contribution in [2.45, 2.75) is 100 Å². The minimum atomic E-state index is -4.61. The van der Waals surface area contributed by atoms with E-state index in [1.807, 2.05) is 0 Å². The van der Waals surface area contributed by atoms with Crippen LogP contribution in [0.1, 0.15) is 51.1 Å². The number of urea groups is 1. The fraction of sp³-hybridized carbons (Fsp3) is 0.490. The number of hydrogen-bond acceptors (Lipinski definition) is 26. The van der Waals surface area contributed by atoms with Crippen molar-refractivity contribution in [3.8, 4) is 0 Å². The van der Waals surface area contributed by atoms with Gasteiger partial charge in [0.15, 0.2) is 46.8 Å². The number of nitrogens with two attached hydrogens (primary N) is 2. The highest BCUT2D eigenvalue weighted by Crippen LogP contribution is 2.61. The normalized spacial score (nSPS) is 26.6. The van der Waals surface area contributed by atoms with Gasteiger partial charge >= 0.3 is 31.7 Å². The molecule has 0 spiro atoms. The number of likely N-dealkylation sites (N-methyl/N-ethyl adjacent to an activating group) is 1. The molecule has 12 atom stereocenters. The zero-order chi connectivity index (χ0) is 66.7. The van der Waals surface area contributed by atoms with Crippen molar-refractivity contribution in [1.29, 1.82) is 0 Å². The number of nitrogen functional groups attached to an aromatic ring is 1. The first kappa shape index (κ1) is 67.7. The van der Waals surface area contributed by atoms with E-state index in [9.17, 15) is 52.6 Å². The summed E-state index contributed by atoms with van der Waals surface area (Å²) in [4.78, 5) is 151. The van der Waals surface area contributed by atoms with E-state index >= 15 is 4.39 Å². The third kappa shape index (κ3) is 15.6. The van der Waals surface area contributed by atoms with Gasteiger partial charge in [-0.15, -0.1) is 0 Å². The average molecular weight is 1380 g/mol. The molecular formula is C51H62FN17O20P2S2. The number of nitrogens with zero attached hydrogens (tertiary/aromatic N) is 9. The number of halogens is 1. The Bertz CT molecular complexity index is 3900. The summed E-state index contributed by atoms with van der Waals surface area (Å²) in [7, 11) is 1.40. The number of fused-ring (bicyclic) bond motifs is 4. The van der Waals surface area contributed by atoms with Crippen molar-refractivity contribution in [2.24, 2.45) is 11.7 Å². The van der Waals surface area contributed by atoms with Crippen molar-refractivity contribution in [2.75, 3.05) is 69.5 Å².